The lowest BCUT2D eigenvalue weighted by Crippen LogP contribution is -2.24. The van der Waals surface area contributed by atoms with E-state index in [4.69, 9.17) is 4.74 Å². The smallest absolute Gasteiger partial charge is 0.255 e. The van der Waals surface area contributed by atoms with Crippen molar-refractivity contribution in [1.82, 2.24) is 4.72 Å². The minimum Gasteiger partial charge on any atom is -0.492 e. The molecule has 28 heavy (non-hydrogen) atoms. The molecule has 152 valence electrons. The van der Waals surface area contributed by atoms with Gasteiger partial charge in [0.25, 0.3) is 5.91 Å². The predicted octanol–water partition coefficient (Wildman–Crippen LogP) is 3.76. The minimum absolute atomic E-state index is 0.0386. The quantitative estimate of drug-likeness (QED) is 0.666. The molecule has 2 aromatic rings. The number of benzene rings is 2. The number of carbonyl (C=O) groups is 1. The zero-order valence-electron chi connectivity index (χ0n) is 16.8. The number of sulfonamides is 1. The summed E-state index contributed by atoms with van der Waals surface area (Å²) in [7, 11) is -3.77. The summed E-state index contributed by atoms with van der Waals surface area (Å²) in [6, 6.07) is 10.4. The van der Waals surface area contributed by atoms with Gasteiger partial charge in [0.1, 0.15) is 10.6 Å². The molecule has 0 aliphatic carbocycles. The third-order valence-electron chi connectivity index (χ3n) is 4.37. The molecule has 0 radical (unpaired) electrons. The number of para-hydroxylation sites is 1. The average Bonchev–Trinajstić information content (AvgIpc) is 2.68. The van der Waals surface area contributed by atoms with Gasteiger partial charge in [-0.2, -0.15) is 0 Å². The van der Waals surface area contributed by atoms with E-state index in [1.807, 2.05) is 32.0 Å². The molecule has 6 nitrogen and oxygen atoms in total. The molecule has 0 saturated carbocycles. The first-order valence-corrected chi connectivity index (χ1v) is 11.0. The maximum atomic E-state index is 12.9. The molecule has 0 fully saturated rings. The number of hydrogen-bond acceptors (Lipinski definition) is 4. The molecule has 0 atom stereocenters. The fourth-order valence-electron chi connectivity index (χ4n) is 2.99. The largest absolute Gasteiger partial charge is 0.492 e. The van der Waals surface area contributed by atoms with Crippen molar-refractivity contribution in [2.45, 2.75) is 45.4 Å². The lowest BCUT2D eigenvalue weighted by Gasteiger charge is -2.16. The van der Waals surface area contributed by atoms with Gasteiger partial charge in [0.05, 0.1) is 6.61 Å². The molecule has 0 saturated heterocycles. The topological polar surface area (TPSA) is 84.5 Å². The van der Waals surface area contributed by atoms with E-state index in [0.29, 0.717) is 6.61 Å². The van der Waals surface area contributed by atoms with Crippen LogP contribution in [-0.2, 0) is 22.9 Å². The van der Waals surface area contributed by atoms with E-state index in [0.717, 1.165) is 29.7 Å². The van der Waals surface area contributed by atoms with Gasteiger partial charge in [-0.1, -0.05) is 39.0 Å². The van der Waals surface area contributed by atoms with Gasteiger partial charge in [-0.15, -0.1) is 0 Å². The van der Waals surface area contributed by atoms with E-state index >= 15 is 0 Å². The zero-order valence-corrected chi connectivity index (χ0v) is 17.7. The van der Waals surface area contributed by atoms with E-state index in [9.17, 15) is 13.2 Å². The lowest BCUT2D eigenvalue weighted by atomic mass is 10.0. The maximum absolute atomic E-state index is 12.9. The molecule has 0 unspecified atom stereocenters. The second kappa shape index (κ2) is 9.71. The van der Waals surface area contributed by atoms with Crippen LogP contribution in [0.15, 0.2) is 41.3 Å². The van der Waals surface area contributed by atoms with Gasteiger partial charge in [-0.3, -0.25) is 4.79 Å². The summed E-state index contributed by atoms with van der Waals surface area (Å²) in [5.74, 6) is -0.130. The highest BCUT2D eigenvalue weighted by atomic mass is 32.2. The van der Waals surface area contributed by atoms with Gasteiger partial charge in [0, 0.05) is 17.8 Å². The lowest BCUT2D eigenvalue weighted by molar-refractivity contribution is 0.102. The highest BCUT2D eigenvalue weighted by Gasteiger charge is 2.22. The van der Waals surface area contributed by atoms with Gasteiger partial charge in [-0.05, 0) is 49.1 Å². The summed E-state index contributed by atoms with van der Waals surface area (Å²) in [6.07, 6.45) is 1.57. The van der Waals surface area contributed by atoms with Crippen molar-refractivity contribution in [2.24, 2.45) is 0 Å². The number of carbonyl (C=O) groups excluding carboxylic acids is 1. The van der Waals surface area contributed by atoms with Crippen molar-refractivity contribution < 1.29 is 17.9 Å². The van der Waals surface area contributed by atoms with Crippen LogP contribution in [0, 0.1) is 0 Å². The Hall–Kier alpha value is -2.38. The van der Waals surface area contributed by atoms with E-state index in [2.05, 4.69) is 10.0 Å². The Morgan fingerprint density at radius 3 is 2.18 bits per heavy atom. The van der Waals surface area contributed by atoms with Crippen LogP contribution in [0.4, 0.5) is 5.69 Å². The van der Waals surface area contributed by atoms with E-state index in [-0.39, 0.29) is 28.7 Å². The highest BCUT2D eigenvalue weighted by Crippen LogP contribution is 2.27. The fourth-order valence-corrected chi connectivity index (χ4v) is 4.20. The molecule has 7 heteroatoms. The molecule has 1 amide bonds. The first-order chi connectivity index (χ1) is 13.4. The molecule has 0 spiro atoms. The fraction of sp³-hybridized carbons (Fsp3) is 0.381. The minimum atomic E-state index is -3.77. The molecule has 0 aliphatic heterocycles. The first kappa shape index (κ1) is 21.9. The number of aryl methyl sites for hydroxylation is 2. The molecule has 0 aliphatic rings. The van der Waals surface area contributed by atoms with Crippen molar-refractivity contribution in [1.29, 1.82) is 0 Å². The molecule has 0 heterocycles. The van der Waals surface area contributed by atoms with Crippen LogP contribution >= 0.6 is 0 Å². The maximum Gasteiger partial charge on any atom is 0.255 e. The second-order valence-corrected chi connectivity index (χ2v) is 7.94. The number of rotatable bonds is 9. The van der Waals surface area contributed by atoms with Gasteiger partial charge in [-0.25, -0.2) is 13.1 Å². The van der Waals surface area contributed by atoms with E-state index in [1.165, 1.54) is 12.1 Å². The predicted molar refractivity (Wildman–Crippen MR) is 112 cm³/mol. The summed E-state index contributed by atoms with van der Waals surface area (Å²) < 4.78 is 33.0. The summed E-state index contributed by atoms with van der Waals surface area (Å²) in [6.45, 7) is 8.10. The van der Waals surface area contributed by atoms with E-state index < -0.39 is 10.0 Å². The van der Waals surface area contributed by atoms with Crippen molar-refractivity contribution in [3.05, 3.63) is 53.1 Å². The number of anilines is 1. The van der Waals surface area contributed by atoms with Crippen LogP contribution in [0.1, 0.15) is 49.2 Å². The summed E-state index contributed by atoms with van der Waals surface area (Å²) >= 11 is 0. The Labute approximate surface area is 167 Å². The van der Waals surface area contributed by atoms with Crippen molar-refractivity contribution in [2.75, 3.05) is 18.5 Å². The van der Waals surface area contributed by atoms with Crippen molar-refractivity contribution in [3.8, 4) is 5.75 Å². The van der Waals surface area contributed by atoms with Crippen LogP contribution < -0.4 is 14.8 Å². The van der Waals surface area contributed by atoms with Crippen LogP contribution in [-0.4, -0.2) is 27.5 Å². The van der Waals surface area contributed by atoms with Crippen LogP contribution in [0.3, 0.4) is 0 Å². The SMILES string of the molecule is CCNS(=O)(=O)c1cc(C(=O)Nc2c(CC)cccc2CC)ccc1OCC. The van der Waals surface area contributed by atoms with Gasteiger partial charge in [0.2, 0.25) is 10.0 Å². The van der Waals surface area contributed by atoms with Gasteiger partial charge < -0.3 is 10.1 Å². The molecular formula is C21H28N2O4S. The standard InChI is InChI=1S/C21H28N2O4S/c1-5-15-10-9-11-16(6-2)20(15)23-21(24)17-12-13-18(27-8-4)19(14-17)28(25,26)22-7-3/h9-14,22H,5-8H2,1-4H3,(H,23,24). The first-order valence-electron chi connectivity index (χ1n) is 9.56. The highest BCUT2D eigenvalue weighted by molar-refractivity contribution is 7.89. The van der Waals surface area contributed by atoms with E-state index in [1.54, 1.807) is 19.9 Å². The molecule has 0 aromatic heterocycles. The molecule has 2 aromatic carbocycles. The Morgan fingerprint density at radius 1 is 1.00 bits per heavy atom. The Morgan fingerprint density at radius 2 is 1.64 bits per heavy atom. The molecule has 2 rings (SSSR count). The zero-order chi connectivity index (χ0) is 20.7. The summed E-state index contributed by atoms with van der Waals surface area (Å²) in [5, 5.41) is 2.96. The third kappa shape index (κ3) is 4.91. The normalized spacial score (nSPS) is 11.3. The molecular weight excluding hydrogens is 376 g/mol. The Balaban J connectivity index is 2.45. The summed E-state index contributed by atoms with van der Waals surface area (Å²) in [4.78, 5) is 12.9. The number of amides is 1. The molecule has 0 bridgehead atoms. The van der Waals surface area contributed by atoms with Crippen LogP contribution in [0.5, 0.6) is 5.75 Å². The van der Waals surface area contributed by atoms with Gasteiger partial charge in [0.15, 0.2) is 0 Å². The summed E-state index contributed by atoms with van der Waals surface area (Å²) in [5.41, 5.74) is 3.13. The Bertz CT molecular complexity index is 917. The number of ether oxygens (including phenoxy) is 1. The molecule has 2 N–H and O–H groups in total. The second-order valence-electron chi connectivity index (χ2n) is 6.21. The van der Waals surface area contributed by atoms with Crippen molar-refractivity contribution in [3.63, 3.8) is 0 Å². The van der Waals surface area contributed by atoms with Crippen LogP contribution in [0.25, 0.3) is 0 Å². The Kier molecular flexibility index (Phi) is 7.60. The van der Waals surface area contributed by atoms with Crippen molar-refractivity contribution >= 4 is 21.6 Å². The monoisotopic (exact) mass is 404 g/mol. The third-order valence-corrected chi connectivity index (χ3v) is 5.93. The average molecular weight is 405 g/mol. The number of nitrogens with one attached hydrogen (secondary N) is 2. The van der Waals surface area contributed by atoms with Gasteiger partial charge >= 0.3 is 0 Å². The van der Waals surface area contributed by atoms with Crippen LogP contribution in [0.2, 0.25) is 0 Å². The number of hydrogen-bond donors (Lipinski definition) is 2.